The lowest BCUT2D eigenvalue weighted by molar-refractivity contribution is -0.144. The molecule has 1 aromatic carbocycles. The molecule has 14 heavy (non-hydrogen) atoms. The Morgan fingerprint density at radius 3 is 2.36 bits per heavy atom. The second-order valence-electron chi connectivity index (χ2n) is 4.29. The lowest BCUT2D eigenvalue weighted by Crippen LogP contribution is -2.32. The Morgan fingerprint density at radius 1 is 1.21 bits per heavy atom. The first-order chi connectivity index (χ1) is 6.39. The van der Waals surface area contributed by atoms with Crippen molar-refractivity contribution in [2.24, 2.45) is 5.41 Å². The van der Waals surface area contributed by atoms with E-state index in [1.54, 1.807) is 18.2 Å². The second-order valence-corrected chi connectivity index (χ2v) is 4.29. The van der Waals surface area contributed by atoms with Crippen molar-refractivity contribution in [3.63, 3.8) is 0 Å². The summed E-state index contributed by atoms with van der Waals surface area (Å²) in [6, 6.07) is 6.18. The third kappa shape index (κ3) is 0.906. The van der Waals surface area contributed by atoms with Crippen molar-refractivity contribution in [3.05, 3.63) is 35.4 Å². The average Bonchev–Trinajstić information content (AvgIpc) is 2.27. The van der Waals surface area contributed by atoms with E-state index in [-0.39, 0.29) is 5.56 Å². The van der Waals surface area contributed by atoms with Gasteiger partial charge >= 0.3 is 0 Å². The Hall–Kier alpha value is -0.960. The van der Waals surface area contributed by atoms with Crippen molar-refractivity contribution >= 4 is 0 Å². The largest absolute Gasteiger partial charge is 0.388 e. The predicted molar refractivity (Wildman–Crippen MR) is 49.1 cm³/mol. The molecule has 76 valence electrons. The minimum atomic E-state index is -2.96. The standard InChI is InChI=1S/C11H12F2O/c1-10(2)9(14)7-5-3-4-6-8(7)11(10,12)13/h3-6,9,14H,1-2H3. The summed E-state index contributed by atoms with van der Waals surface area (Å²) in [5, 5.41) is 9.76. The predicted octanol–water partition coefficient (Wildman–Crippen LogP) is 2.85. The highest BCUT2D eigenvalue weighted by Gasteiger charge is 2.59. The Morgan fingerprint density at radius 2 is 1.79 bits per heavy atom. The highest BCUT2D eigenvalue weighted by atomic mass is 19.3. The molecule has 1 atom stereocenters. The molecule has 1 aliphatic rings. The molecule has 0 saturated carbocycles. The van der Waals surface area contributed by atoms with Gasteiger partial charge in [-0.3, -0.25) is 0 Å². The molecule has 1 unspecified atom stereocenters. The lowest BCUT2D eigenvalue weighted by atomic mass is 9.84. The smallest absolute Gasteiger partial charge is 0.281 e. The first kappa shape index (κ1) is 9.59. The van der Waals surface area contributed by atoms with Gasteiger partial charge in [0.15, 0.2) is 0 Å². The lowest BCUT2D eigenvalue weighted by Gasteiger charge is -2.29. The molecule has 0 amide bonds. The van der Waals surface area contributed by atoms with Gasteiger partial charge in [-0.1, -0.05) is 38.1 Å². The highest BCUT2D eigenvalue weighted by Crippen LogP contribution is 2.59. The maximum Gasteiger partial charge on any atom is 0.281 e. The van der Waals surface area contributed by atoms with E-state index in [1.165, 1.54) is 19.9 Å². The summed E-state index contributed by atoms with van der Waals surface area (Å²) < 4.78 is 27.6. The molecule has 1 nitrogen and oxygen atoms in total. The Labute approximate surface area is 81.4 Å². The van der Waals surface area contributed by atoms with Crippen molar-refractivity contribution in [1.82, 2.24) is 0 Å². The van der Waals surface area contributed by atoms with Crippen LogP contribution >= 0.6 is 0 Å². The SMILES string of the molecule is CC1(C)C(O)c2ccccc2C1(F)F. The zero-order valence-electron chi connectivity index (χ0n) is 8.09. The van der Waals surface area contributed by atoms with Gasteiger partial charge in [0.1, 0.15) is 0 Å². The molecule has 0 heterocycles. The molecule has 0 saturated heterocycles. The molecule has 0 aromatic heterocycles. The number of hydrogen-bond acceptors (Lipinski definition) is 1. The van der Waals surface area contributed by atoms with E-state index in [0.29, 0.717) is 5.56 Å². The molecule has 2 rings (SSSR count). The van der Waals surface area contributed by atoms with Crippen LogP contribution in [0.15, 0.2) is 24.3 Å². The van der Waals surface area contributed by atoms with Gasteiger partial charge in [0.25, 0.3) is 5.92 Å². The summed E-state index contributed by atoms with van der Waals surface area (Å²) in [4.78, 5) is 0. The fraction of sp³-hybridized carbons (Fsp3) is 0.455. The molecule has 0 spiro atoms. The summed E-state index contributed by atoms with van der Waals surface area (Å²) in [6.45, 7) is 2.77. The Kier molecular flexibility index (Phi) is 1.74. The fourth-order valence-corrected chi connectivity index (χ4v) is 1.93. The van der Waals surface area contributed by atoms with E-state index in [0.717, 1.165) is 0 Å². The number of halogens is 2. The van der Waals surface area contributed by atoms with Gasteiger partial charge in [-0.05, 0) is 5.56 Å². The van der Waals surface area contributed by atoms with Gasteiger partial charge in [0.2, 0.25) is 0 Å². The maximum absolute atomic E-state index is 13.8. The van der Waals surface area contributed by atoms with Gasteiger partial charge in [0.05, 0.1) is 11.5 Å². The molecule has 0 aliphatic heterocycles. The van der Waals surface area contributed by atoms with Gasteiger partial charge in [-0.15, -0.1) is 0 Å². The summed E-state index contributed by atoms with van der Waals surface area (Å²) in [5.74, 6) is -2.96. The van der Waals surface area contributed by atoms with Gasteiger partial charge in [-0.25, -0.2) is 8.78 Å². The van der Waals surface area contributed by atoms with Crippen LogP contribution in [0.25, 0.3) is 0 Å². The average molecular weight is 198 g/mol. The first-order valence-corrected chi connectivity index (χ1v) is 4.54. The second kappa shape index (κ2) is 2.54. The Balaban J connectivity index is 2.68. The van der Waals surface area contributed by atoms with Crippen LogP contribution < -0.4 is 0 Å². The number of aliphatic hydroxyl groups excluding tert-OH is 1. The van der Waals surface area contributed by atoms with Crippen molar-refractivity contribution in [1.29, 1.82) is 0 Å². The van der Waals surface area contributed by atoms with E-state index >= 15 is 0 Å². The van der Waals surface area contributed by atoms with Crippen LogP contribution in [-0.2, 0) is 5.92 Å². The van der Waals surface area contributed by atoms with Gasteiger partial charge < -0.3 is 5.11 Å². The minimum absolute atomic E-state index is 0.0440. The number of rotatable bonds is 0. The topological polar surface area (TPSA) is 20.2 Å². The van der Waals surface area contributed by atoms with Gasteiger partial charge in [0, 0.05) is 5.56 Å². The first-order valence-electron chi connectivity index (χ1n) is 4.54. The molecule has 0 bridgehead atoms. The monoisotopic (exact) mass is 198 g/mol. The van der Waals surface area contributed by atoms with E-state index in [4.69, 9.17) is 0 Å². The maximum atomic E-state index is 13.8. The molecule has 1 N–H and O–H groups in total. The zero-order chi connectivity index (χ0) is 10.6. The van der Waals surface area contributed by atoms with Crippen LogP contribution in [0.3, 0.4) is 0 Å². The molecule has 0 radical (unpaired) electrons. The Bertz CT molecular complexity index is 371. The van der Waals surface area contributed by atoms with Gasteiger partial charge in [-0.2, -0.15) is 0 Å². The van der Waals surface area contributed by atoms with E-state index < -0.39 is 17.4 Å². The van der Waals surface area contributed by atoms with Crippen molar-refractivity contribution in [2.75, 3.05) is 0 Å². The quantitative estimate of drug-likeness (QED) is 0.679. The van der Waals surface area contributed by atoms with Crippen molar-refractivity contribution < 1.29 is 13.9 Å². The number of hydrogen-bond donors (Lipinski definition) is 1. The third-order valence-corrected chi connectivity index (χ3v) is 3.09. The van der Waals surface area contributed by atoms with E-state index in [2.05, 4.69) is 0 Å². The van der Waals surface area contributed by atoms with E-state index in [1.807, 2.05) is 0 Å². The number of benzene rings is 1. The molecular weight excluding hydrogens is 186 g/mol. The molecule has 0 fully saturated rings. The zero-order valence-corrected chi connectivity index (χ0v) is 8.09. The van der Waals surface area contributed by atoms with Crippen LogP contribution in [0.1, 0.15) is 31.1 Å². The highest BCUT2D eigenvalue weighted by molar-refractivity contribution is 5.40. The molecule has 1 aliphatic carbocycles. The number of fused-ring (bicyclic) bond motifs is 1. The van der Waals surface area contributed by atoms with Crippen molar-refractivity contribution in [3.8, 4) is 0 Å². The molecule has 3 heteroatoms. The van der Waals surface area contributed by atoms with Crippen LogP contribution in [0.2, 0.25) is 0 Å². The number of alkyl halides is 2. The van der Waals surface area contributed by atoms with Crippen molar-refractivity contribution in [2.45, 2.75) is 25.9 Å². The minimum Gasteiger partial charge on any atom is -0.388 e. The molecule has 1 aromatic rings. The number of aliphatic hydroxyl groups is 1. The van der Waals surface area contributed by atoms with Crippen LogP contribution in [-0.4, -0.2) is 5.11 Å². The van der Waals surface area contributed by atoms with Crippen LogP contribution in [0.4, 0.5) is 8.78 Å². The summed E-state index contributed by atoms with van der Waals surface area (Å²) in [7, 11) is 0. The summed E-state index contributed by atoms with van der Waals surface area (Å²) >= 11 is 0. The summed E-state index contributed by atoms with van der Waals surface area (Å²) in [6.07, 6.45) is -1.09. The van der Waals surface area contributed by atoms with E-state index in [9.17, 15) is 13.9 Å². The van der Waals surface area contributed by atoms with Crippen LogP contribution in [0.5, 0.6) is 0 Å². The normalized spacial score (nSPS) is 27.4. The summed E-state index contributed by atoms with van der Waals surface area (Å²) in [5.41, 5.74) is -1.11. The fourth-order valence-electron chi connectivity index (χ4n) is 1.93. The third-order valence-electron chi connectivity index (χ3n) is 3.09. The van der Waals surface area contributed by atoms with Crippen LogP contribution in [0, 0.1) is 5.41 Å². The molecular formula is C11H12F2O.